The quantitative estimate of drug-likeness (QED) is 0.919. The highest BCUT2D eigenvalue weighted by Gasteiger charge is 2.45. The number of aliphatic carboxylic acids is 1. The number of benzene rings is 1. The molecule has 4 heteroatoms. The third-order valence-electron chi connectivity index (χ3n) is 2.70. The molecule has 0 amide bonds. The summed E-state index contributed by atoms with van der Waals surface area (Å²) >= 11 is 3.35. The second kappa shape index (κ2) is 3.85. The van der Waals surface area contributed by atoms with Crippen LogP contribution in [-0.2, 0) is 4.79 Å². The summed E-state index contributed by atoms with van der Waals surface area (Å²) in [7, 11) is 1.60. The molecular weight excluding hydrogens is 260 g/mol. The van der Waals surface area contributed by atoms with E-state index in [0.717, 1.165) is 15.8 Å². The molecule has 1 aromatic carbocycles. The molecule has 1 saturated carbocycles. The Labute approximate surface area is 96.2 Å². The first kappa shape index (κ1) is 10.5. The van der Waals surface area contributed by atoms with Gasteiger partial charge in [-0.15, -0.1) is 0 Å². The van der Waals surface area contributed by atoms with Gasteiger partial charge in [-0.05, 0) is 24.1 Å². The first-order valence-electron chi connectivity index (χ1n) is 4.69. The van der Waals surface area contributed by atoms with Crippen LogP contribution in [0.15, 0.2) is 22.7 Å². The molecule has 0 aromatic heterocycles. The Morgan fingerprint density at radius 2 is 2.33 bits per heavy atom. The van der Waals surface area contributed by atoms with E-state index in [0.29, 0.717) is 6.42 Å². The number of carboxylic acids is 1. The van der Waals surface area contributed by atoms with E-state index in [9.17, 15) is 4.79 Å². The third kappa shape index (κ3) is 2.00. The number of methoxy groups -OCH3 is 1. The Morgan fingerprint density at radius 1 is 1.60 bits per heavy atom. The van der Waals surface area contributed by atoms with Crippen LogP contribution in [0.4, 0.5) is 0 Å². The second-order valence-electron chi connectivity index (χ2n) is 3.67. The van der Waals surface area contributed by atoms with Crippen molar-refractivity contribution in [2.24, 2.45) is 5.92 Å². The molecule has 0 aliphatic heterocycles. The maximum atomic E-state index is 10.8. The average Bonchev–Trinajstić information content (AvgIpc) is 2.97. The van der Waals surface area contributed by atoms with Crippen molar-refractivity contribution in [1.82, 2.24) is 0 Å². The fraction of sp³-hybridized carbons (Fsp3) is 0.364. The van der Waals surface area contributed by atoms with Crippen LogP contribution < -0.4 is 4.74 Å². The van der Waals surface area contributed by atoms with Gasteiger partial charge in [0, 0.05) is 10.4 Å². The summed E-state index contributed by atoms with van der Waals surface area (Å²) in [5.74, 6) is -0.0753. The zero-order valence-electron chi connectivity index (χ0n) is 8.24. The van der Waals surface area contributed by atoms with Gasteiger partial charge < -0.3 is 9.84 Å². The molecule has 1 aliphatic carbocycles. The Morgan fingerprint density at radius 3 is 2.87 bits per heavy atom. The van der Waals surface area contributed by atoms with Crippen molar-refractivity contribution in [3.63, 3.8) is 0 Å². The number of carbonyl (C=O) groups is 1. The molecule has 0 bridgehead atoms. The van der Waals surface area contributed by atoms with Crippen LogP contribution in [0.3, 0.4) is 0 Å². The first-order valence-corrected chi connectivity index (χ1v) is 5.49. The minimum absolute atomic E-state index is 0.116. The largest absolute Gasteiger partial charge is 0.496 e. The maximum absolute atomic E-state index is 10.8. The van der Waals surface area contributed by atoms with E-state index in [4.69, 9.17) is 9.84 Å². The summed E-state index contributed by atoms with van der Waals surface area (Å²) < 4.78 is 6.17. The molecule has 2 atom stereocenters. The summed E-state index contributed by atoms with van der Waals surface area (Å²) in [5.41, 5.74) is 0.994. The highest BCUT2D eigenvalue weighted by atomic mass is 79.9. The van der Waals surface area contributed by atoms with Crippen LogP contribution in [0.1, 0.15) is 17.9 Å². The van der Waals surface area contributed by atoms with Crippen molar-refractivity contribution in [3.8, 4) is 5.75 Å². The van der Waals surface area contributed by atoms with E-state index < -0.39 is 5.97 Å². The maximum Gasteiger partial charge on any atom is 0.307 e. The van der Waals surface area contributed by atoms with Crippen molar-refractivity contribution in [3.05, 3.63) is 28.2 Å². The van der Waals surface area contributed by atoms with Gasteiger partial charge in [0.2, 0.25) is 0 Å². The van der Waals surface area contributed by atoms with Gasteiger partial charge in [-0.25, -0.2) is 0 Å². The number of hydrogen-bond donors (Lipinski definition) is 1. The van der Waals surface area contributed by atoms with Crippen molar-refractivity contribution >= 4 is 21.9 Å². The topological polar surface area (TPSA) is 46.5 Å². The molecular formula is C11H11BrO3. The summed E-state index contributed by atoms with van der Waals surface area (Å²) in [6.07, 6.45) is 0.716. The molecule has 1 aromatic rings. The summed E-state index contributed by atoms with van der Waals surface area (Å²) in [6.45, 7) is 0. The molecule has 0 spiro atoms. The number of halogens is 1. The minimum Gasteiger partial charge on any atom is -0.496 e. The van der Waals surface area contributed by atoms with Crippen LogP contribution in [0.2, 0.25) is 0 Å². The van der Waals surface area contributed by atoms with Crippen LogP contribution >= 0.6 is 15.9 Å². The Balaban J connectivity index is 2.26. The second-order valence-corrected chi connectivity index (χ2v) is 4.59. The molecule has 1 aliphatic rings. The number of carboxylic acid groups (broad SMARTS) is 1. The highest BCUT2D eigenvalue weighted by molar-refractivity contribution is 9.10. The molecule has 1 fully saturated rings. The monoisotopic (exact) mass is 270 g/mol. The number of rotatable bonds is 3. The average molecular weight is 271 g/mol. The molecule has 2 rings (SSSR count). The van der Waals surface area contributed by atoms with Crippen LogP contribution in [0.5, 0.6) is 5.75 Å². The van der Waals surface area contributed by atoms with Gasteiger partial charge in [0.05, 0.1) is 13.0 Å². The van der Waals surface area contributed by atoms with E-state index in [1.165, 1.54) is 0 Å². The molecule has 0 radical (unpaired) electrons. The fourth-order valence-electron chi connectivity index (χ4n) is 1.80. The third-order valence-corrected chi connectivity index (χ3v) is 3.20. The number of ether oxygens (including phenoxy) is 1. The molecule has 0 unspecified atom stereocenters. The van der Waals surface area contributed by atoms with Gasteiger partial charge in [0.25, 0.3) is 0 Å². The Hall–Kier alpha value is -1.03. The minimum atomic E-state index is -0.718. The smallest absolute Gasteiger partial charge is 0.307 e. The van der Waals surface area contributed by atoms with Crippen molar-refractivity contribution < 1.29 is 14.6 Å². The Kier molecular flexibility index (Phi) is 2.69. The lowest BCUT2D eigenvalue weighted by atomic mass is 10.1. The molecule has 3 nitrogen and oxygen atoms in total. The van der Waals surface area contributed by atoms with Gasteiger partial charge in [-0.1, -0.05) is 22.0 Å². The molecule has 80 valence electrons. The normalized spacial score (nSPS) is 23.6. The lowest BCUT2D eigenvalue weighted by Crippen LogP contribution is -2.00. The zero-order chi connectivity index (χ0) is 11.0. The van der Waals surface area contributed by atoms with Gasteiger partial charge >= 0.3 is 5.97 Å². The fourth-order valence-corrected chi connectivity index (χ4v) is 2.14. The van der Waals surface area contributed by atoms with Gasteiger partial charge in [0.15, 0.2) is 0 Å². The van der Waals surface area contributed by atoms with Crippen molar-refractivity contribution in [1.29, 1.82) is 0 Å². The van der Waals surface area contributed by atoms with Crippen LogP contribution in [0.25, 0.3) is 0 Å². The SMILES string of the molecule is COc1cc(Br)ccc1[C@@H]1C[C@H]1C(=O)O. The van der Waals surface area contributed by atoms with Crippen molar-refractivity contribution in [2.45, 2.75) is 12.3 Å². The summed E-state index contributed by atoms with van der Waals surface area (Å²) in [4.78, 5) is 10.8. The van der Waals surface area contributed by atoms with Gasteiger partial charge in [0.1, 0.15) is 5.75 Å². The van der Waals surface area contributed by atoms with E-state index in [-0.39, 0.29) is 11.8 Å². The molecule has 1 N–H and O–H groups in total. The van der Waals surface area contributed by atoms with Gasteiger partial charge in [-0.2, -0.15) is 0 Å². The van der Waals surface area contributed by atoms with Crippen LogP contribution in [-0.4, -0.2) is 18.2 Å². The summed E-state index contributed by atoms with van der Waals surface area (Å²) in [6, 6.07) is 5.71. The first-order chi connectivity index (χ1) is 7.13. The molecule has 15 heavy (non-hydrogen) atoms. The predicted molar refractivity (Wildman–Crippen MR) is 59.2 cm³/mol. The molecule has 0 heterocycles. The Bertz CT molecular complexity index is 403. The van der Waals surface area contributed by atoms with Crippen LogP contribution in [0, 0.1) is 5.92 Å². The van der Waals surface area contributed by atoms with E-state index >= 15 is 0 Å². The molecule has 0 saturated heterocycles. The number of hydrogen-bond acceptors (Lipinski definition) is 2. The lowest BCUT2D eigenvalue weighted by Gasteiger charge is -2.07. The van der Waals surface area contributed by atoms with Crippen molar-refractivity contribution in [2.75, 3.05) is 7.11 Å². The summed E-state index contributed by atoms with van der Waals surface area (Å²) in [5, 5.41) is 8.85. The van der Waals surface area contributed by atoms with E-state index in [1.54, 1.807) is 7.11 Å². The standard InChI is InChI=1S/C11H11BrO3/c1-15-10-4-6(12)2-3-7(10)8-5-9(8)11(13)14/h2-4,8-9H,5H2,1H3,(H,13,14)/t8-,9+/m0/s1. The van der Waals surface area contributed by atoms with E-state index in [1.807, 2.05) is 18.2 Å². The lowest BCUT2D eigenvalue weighted by molar-refractivity contribution is -0.138. The van der Waals surface area contributed by atoms with Gasteiger partial charge in [-0.3, -0.25) is 4.79 Å². The zero-order valence-corrected chi connectivity index (χ0v) is 9.82. The predicted octanol–water partition coefficient (Wildman–Crippen LogP) is 2.65. The van der Waals surface area contributed by atoms with E-state index in [2.05, 4.69) is 15.9 Å². The highest BCUT2D eigenvalue weighted by Crippen LogP contribution is 2.50.